The van der Waals surface area contributed by atoms with E-state index < -0.39 is 16.1 Å². The lowest BCUT2D eigenvalue weighted by molar-refractivity contribution is -0.118. The maximum Gasteiger partial charge on any atom is 0.245 e. The number of carbonyl (C=O) groups is 1. The number of fused-ring (bicyclic) bond motifs is 1. The second kappa shape index (κ2) is 9.80. The lowest BCUT2D eigenvalue weighted by Gasteiger charge is -2.45. The maximum atomic E-state index is 13.1. The minimum Gasteiger partial charge on any atom is -0.311 e. The molecule has 2 aliphatic heterocycles. The van der Waals surface area contributed by atoms with Gasteiger partial charge in [0, 0.05) is 24.2 Å². The summed E-state index contributed by atoms with van der Waals surface area (Å²) >= 11 is 0. The lowest BCUT2D eigenvalue weighted by Crippen LogP contribution is -2.50. The number of benzene rings is 2. The number of carbonyl (C=O) groups excluding carboxylic acids is 1. The molecule has 2 heterocycles. The van der Waals surface area contributed by atoms with Gasteiger partial charge in [-0.2, -0.15) is 0 Å². The number of aryl methyl sites for hydroxylation is 1. The van der Waals surface area contributed by atoms with Gasteiger partial charge in [-0.05, 0) is 80.4 Å². The zero-order chi connectivity index (χ0) is 23.7. The molecular formula is C27H35N3O3S. The van der Waals surface area contributed by atoms with Crippen molar-refractivity contribution >= 4 is 21.6 Å². The highest BCUT2D eigenvalue weighted by atomic mass is 32.2. The quantitative estimate of drug-likeness (QED) is 0.627. The molecule has 2 aromatic carbocycles. The standard InChI is InChI=1S/C27H35N3O3S/c1-2-17-34(32,33)28-25-13-16-30(27(25)31)22-11-9-21-10-12-26(29-14-6-15-29)24(23(21)19-22)18-20-7-4-3-5-8-20/h3-5,7-9,11,19,24-26,28H,2,6,10,12-18H2,1H3/t24-,25+,26?/m1/s1. The van der Waals surface area contributed by atoms with Gasteiger partial charge in [0.05, 0.1) is 5.75 Å². The number of nitrogens with one attached hydrogen (secondary N) is 1. The van der Waals surface area contributed by atoms with Crippen molar-refractivity contribution < 1.29 is 13.2 Å². The maximum absolute atomic E-state index is 13.1. The van der Waals surface area contributed by atoms with Gasteiger partial charge in [0.25, 0.3) is 0 Å². The monoisotopic (exact) mass is 481 g/mol. The summed E-state index contributed by atoms with van der Waals surface area (Å²) < 4.78 is 27.1. The van der Waals surface area contributed by atoms with Crippen LogP contribution in [0.15, 0.2) is 48.5 Å². The van der Waals surface area contributed by atoms with Crippen LogP contribution in [-0.2, 0) is 27.7 Å². The SMILES string of the molecule is CCCS(=O)(=O)N[C@H]1CCN(c2ccc3c(c2)[C@@H](Cc2ccccc2)C(N2CCC2)CC3)C1=O. The van der Waals surface area contributed by atoms with E-state index in [0.29, 0.717) is 31.3 Å². The van der Waals surface area contributed by atoms with Crippen LogP contribution in [0.3, 0.4) is 0 Å². The van der Waals surface area contributed by atoms with Crippen LogP contribution in [0.5, 0.6) is 0 Å². The molecule has 3 atom stereocenters. The second-order valence-corrected chi connectivity index (χ2v) is 11.8. The van der Waals surface area contributed by atoms with Crippen LogP contribution in [0, 0.1) is 0 Å². The van der Waals surface area contributed by atoms with Crippen LogP contribution >= 0.6 is 0 Å². The largest absolute Gasteiger partial charge is 0.311 e. The Kier molecular flexibility index (Phi) is 6.78. The van der Waals surface area contributed by atoms with Crippen molar-refractivity contribution in [2.45, 2.75) is 63.5 Å². The summed E-state index contributed by atoms with van der Waals surface area (Å²) in [6.45, 7) is 4.72. The normalized spacial score (nSPS) is 25.3. The Labute approximate surface area is 203 Å². The van der Waals surface area contributed by atoms with E-state index >= 15 is 0 Å². The average Bonchev–Trinajstić information content (AvgIpc) is 3.13. The topological polar surface area (TPSA) is 69.7 Å². The first-order valence-corrected chi connectivity index (χ1v) is 14.3. The summed E-state index contributed by atoms with van der Waals surface area (Å²) in [7, 11) is -3.43. The average molecular weight is 482 g/mol. The number of anilines is 1. The molecule has 3 aliphatic rings. The van der Waals surface area contributed by atoms with Crippen molar-refractivity contribution in [3.8, 4) is 0 Å². The molecule has 0 bridgehead atoms. The first kappa shape index (κ1) is 23.5. The van der Waals surface area contributed by atoms with Crippen LogP contribution in [0.2, 0.25) is 0 Å². The minimum absolute atomic E-state index is 0.0503. The van der Waals surface area contributed by atoms with Crippen LogP contribution in [0.4, 0.5) is 5.69 Å². The summed E-state index contributed by atoms with van der Waals surface area (Å²) in [5.41, 5.74) is 4.97. The van der Waals surface area contributed by atoms with Crippen molar-refractivity contribution in [1.82, 2.24) is 9.62 Å². The number of amides is 1. The third-order valence-electron chi connectivity index (χ3n) is 7.67. The fourth-order valence-electron chi connectivity index (χ4n) is 5.85. The molecule has 1 N–H and O–H groups in total. The van der Waals surface area contributed by atoms with Crippen LogP contribution in [0.25, 0.3) is 0 Å². The smallest absolute Gasteiger partial charge is 0.245 e. The molecule has 2 saturated heterocycles. The molecule has 2 aromatic rings. The highest BCUT2D eigenvalue weighted by molar-refractivity contribution is 7.89. The molecule has 6 nitrogen and oxygen atoms in total. The number of hydrogen-bond donors (Lipinski definition) is 1. The minimum atomic E-state index is -3.43. The molecule has 1 unspecified atom stereocenters. The molecule has 0 aromatic heterocycles. The predicted octanol–water partition coefficient (Wildman–Crippen LogP) is 3.47. The van der Waals surface area contributed by atoms with Gasteiger partial charge in [-0.3, -0.25) is 9.69 Å². The number of rotatable bonds is 8. The molecule has 2 fully saturated rings. The Morgan fingerprint density at radius 1 is 1.03 bits per heavy atom. The number of nitrogens with zero attached hydrogens (tertiary/aromatic N) is 2. The number of sulfonamides is 1. The van der Waals surface area contributed by atoms with Gasteiger partial charge in [-0.25, -0.2) is 13.1 Å². The Hall–Kier alpha value is -2.22. The van der Waals surface area contributed by atoms with E-state index in [1.165, 1.54) is 42.6 Å². The molecule has 182 valence electrons. The van der Waals surface area contributed by atoms with Gasteiger partial charge in [-0.1, -0.05) is 43.3 Å². The Balaban J connectivity index is 1.41. The summed E-state index contributed by atoms with van der Waals surface area (Å²) in [6, 6.07) is 17.0. The Morgan fingerprint density at radius 3 is 2.53 bits per heavy atom. The highest BCUT2D eigenvalue weighted by Gasteiger charge is 2.38. The molecule has 0 saturated carbocycles. The van der Waals surface area contributed by atoms with Crippen molar-refractivity contribution in [1.29, 1.82) is 0 Å². The van der Waals surface area contributed by atoms with Gasteiger partial charge >= 0.3 is 0 Å². The lowest BCUT2D eigenvalue weighted by atomic mass is 9.74. The molecule has 34 heavy (non-hydrogen) atoms. The van der Waals surface area contributed by atoms with E-state index in [2.05, 4.69) is 52.1 Å². The molecular weight excluding hydrogens is 446 g/mol. The van der Waals surface area contributed by atoms with Crippen molar-refractivity contribution in [2.24, 2.45) is 0 Å². The van der Waals surface area contributed by atoms with Crippen molar-refractivity contribution in [2.75, 3.05) is 30.3 Å². The molecule has 0 spiro atoms. The molecule has 1 aliphatic carbocycles. The van der Waals surface area contributed by atoms with Crippen molar-refractivity contribution in [3.05, 3.63) is 65.2 Å². The number of hydrogen-bond acceptors (Lipinski definition) is 4. The fourth-order valence-corrected chi connectivity index (χ4v) is 7.16. The van der Waals surface area contributed by atoms with E-state index in [9.17, 15) is 13.2 Å². The van der Waals surface area contributed by atoms with E-state index in [0.717, 1.165) is 18.5 Å². The summed E-state index contributed by atoms with van der Waals surface area (Å²) in [6.07, 6.45) is 5.54. The van der Waals surface area contributed by atoms with E-state index in [1.807, 2.05) is 13.0 Å². The molecule has 5 rings (SSSR count). The van der Waals surface area contributed by atoms with Crippen LogP contribution < -0.4 is 9.62 Å². The summed E-state index contributed by atoms with van der Waals surface area (Å²) in [5.74, 6) is 0.298. The predicted molar refractivity (Wildman–Crippen MR) is 136 cm³/mol. The summed E-state index contributed by atoms with van der Waals surface area (Å²) in [4.78, 5) is 17.5. The third-order valence-corrected chi connectivity index (χ3v) is 9.26. The van der Waals surface area contributed by atoms with Gasteiger partial charge in [0.2, 0.25) is 15.9 Å². The van der Waals surface area contributed by atoms with Crippen LogP contribution in [-0.4, -0.2) is 56.7 Å². The van der Waals surface area contributed by atoms with Gasteiger partial charge in [-0.15, -0.1) is 0 Å². The van der Waals surface area contributed by atoms with Crippen LogP contribution in [0.1, 0.15) is 55.2 Å². The molecule has 0 radical (unpaired) electrons. The third kappa shape index (κ3) is 4.79. The van der Waals surface area contributed by atoms with Gasteiger partial charge in [0.15, 0.2) is 0 Å². The summed E-state index contributed by atoms with van der Waals surface area (Å²) in [5, 5.41) is 0. The first-order chi connectivity index (χ1) is 16.4. The van der Waals surface area contributed by atoms with Gasteiger partial charge < -0.3 is 4.90 Å². The zero-order valence-electron chi connectivity index (χ0n) is 19.9. The van der Waals surface area contributed by atoms with Crippen molar-refractivity contribution in [3.63, 3.8) is 0 Å². The Morgan fingerprint density at radius 2 is 1.82 bits per heavy atom. The van der Waals surface area contributed by atoms with E-state index in [-0.39, 0.29) is 11.7 Å². The second-order valence-electron chi connectivity index (χ2n) is 9.94. The Bertz CT molecular complexity index is 1130. The van der Waals surface area contributed by atoms with E-state index in [4.69, 9.17) is 0 Å². The highest BCUT2D eigenvalue weighted by Crippen LogP contribution is 2.40. The van der Waals surface area contributed by atoms with E-state index in [1.54, 1.807) is 4.90 Å². The number of likely N-dealkylation sites (tertiary alicyclic amines) is 1. The van der Waals surface area contributed by atoms with Gasteiger partial charge in [0.1, 0.15) is 6.04 Å². The molecule has 7 heteroatoms. The zero-order valence-corrected chi connectivity index (χ0v) is 20.8. The molecule has 1 amide bonds. The first-order valence-electron chi connectivity index (χ1n) is 12.7. The fraction of sp³-hybridized carbons (Fsp3) is 0.519.